The van der Waals surface area contributed by atoms with Crippen LogP contribution in [-0.2, 0) is 4.74 Å². The average molecular weight is 275 g/mol. The summed E-state index contributed by atoms with van der Waals surface area (Å²) in [5, 5.41) is 13.9. The predicted octanol–water partition coefficient (Wildman–Crippen LogP) is 1.75. The van der Waals surface area contributed by atoms with E-state index < -0.39 is 0 Å². The molecule has 1 aliphatic heterocycles. The van der Waals surface area contributed by atoms with E-state index in [9.17, 15) is 5.11 Å². The Bertz CT molecular complexity index is 611. The summed E-state index contributed by atoms with van der Waals surface area (Å²) in [5.41, 5.74) is 1.57. The summed E-state index contributed by atoms with van der Waals surface area (Å²) >= 11 is 0. The van der Waals surface area contributed by atoms with Gasteiger partial charge in [-0.2, -0.15) is 4.98 Å². The van der Waals surface area contributed by atoms with Crippen LogP contribution in [0.3, 0.4) is 0 Å². The van der Waals surface area contributed by atoms with Crippen LogP contribution in [-0.4, -0.2) is 46.9 Å². The van der Waals surface area contributed by atoms with Gasteiger partial charge in [-0.05, 0) is 26.1 Å². The highest BCUT2D eigenvalue weighted by atomic mass is 16.5. The first-order chi connectivity index (χ1) is 9.63. The minimum absolute atomic E-state index is 0.132. The Morgan fingerprint density at radius 1 is 1.40 bits per heavy atom. The lowest BCUT2D eigenvalue weighted by atomic mass is 10.1. The SMILES string of the molecule is Cc1ccc(O)c(-c2nc(C3CN(C)CCO3)no2)c1. The monoisotopic (exact) mass is 275 g/mol. The first-order valence-electron chi connectivity index (χ1n) is 6.57. The Morgan fingerprint density at radius 3 is 3.05 bits per heavy atom. The average Bonchev–Trinajstić information content (AvgIpc) is 2.91. The molecule has 0 amide bonds. The maximum atomic E-state index is 9.88. The summed E-state index contributed by atoms with van der Waals surface area (Å²) in [6.07, 6.45) is -0.182. The second-order valence-corrected chi connectivity index (χ2v) is 5.10. The van der Waals surface area contributed by atoms with Gasteiger partial charge in [0.15, 0.2) is 0 Å². The summed E-state index contributed by atoms with van der Waals surface area (Å²) < 4.78 is 10.9. The van der Waals surface area contributed by atoms with Crippen molar-refractivity contribution in [1.82, 2.24) is 15.0 Å². The van der Waals surface area contributed by atoms with Crippen molar-refractivity contribution < 1.29 is 14.4 Å². The zero-order chi connectivity index (χ0) is 14.1. The van der Waals surface area contributed by atoms with Crippen LogP contribution in [0.25, 0.3) is 11.5 Å². The van der Waals surface area contributed by atoms with Crippen LogP contribution in [0.4, 0.5) is 0 Å². The van der Waals surface area contributed by atoms with Crippen LogP contribution >= 0.6 is 0 Å². The summed E-state index contributed by atoms with van der Waals surface area (Å²) in [4.78, 5) is 6.51. The van der Waals surface area contributed by atoms with Gasteiger partial charge in [-0.25, -0.2) is 0 Å². The van der Waals surface area contributed by atoms with Gasteiger partial charge in [-0.3, -0.25) is 0 Å². The van der Waals surface area contributed by atoms with Gasteiger partial charge in [0.1, 0.15) is 11.9 Å². The van der Waals surface area contributed by atoms with Gasteiger partial charge in [0, 0.05) is 13.1 Å². The number of aryl methyl sites for hydroxylation is 1. The van der Waals surface area contributed by atoms with Gasteiger partial charge in [-0.15, -0.1) is 0 Å². The highest BCUT2D eigenvalue weighted by molar-refractivity contribution is 5.63. The molecule has 1 aliphatic rings. The number of rotatable bonds is 2. The molecule has 6 nitrogen and oxygen atoms in total. The lowest BCUT2D eigenvalue weighted by Gasteiger charge is -2.27. The lowest BCUT2D eigenvalue weighted by Crippen LogP contribution is -2.35. The van der Waals surface area contributed by atoms with Crippen LogP contribution < -0.4 is 0 Å². The van der Waals surface area contributed by atoms with E-state index in [2.05, 4.69) is 15.0 Å². The highest BCUT2D eigenvalue weighted by Gasteiger charge is 2.25. The van der Waals surface area contributed by atoms with Crippen LogP contribution in [0.15, 0.2) is 22.7 Å². The fraction of sp³-hybridized carbons (Fsp3) is 0.429. The van der Waals surface area contributed by atoms with Gasteiger partial charge >= 0.3 is 0 Å². The van der Waals surface area contributed by atoms with E-state index in [1.807, 2.05) is 26.1 Å². The van der Waals surface area contributed by atoms with Crippen molar-refractivity contribution in [3.63, 3.8) is 0 Å². The molecule has 0 radical (unpaired) electrons. The second kappa shape index (κ2) is 5.22. The van der Waals surface area contributed by atoms with Gasteiger partial charge < -0.3 is 19.3 Å². The maximum Gasteiger partial charge on any atom is 0.261 e. The third-order valence-electron chi connectivity index (χ3n) is 3.38. The van der Waals surface area contributed by atoms with Crippen LogP contribution in [0.5, 0.6) is 5.75 Å². The molecule has 2 aromatic rings. The molecule has 3 rings (SSSR count). The van der Waals surface area contributed by atoms with Crippen molar-refractivity contribution in [1.29, 1.82) is 0 Å². The molecule has 1 fully saturated rings. The topological polar surface area (TPSA) is 71.6 Å². The van der Waals surface area contributed by atoms with Crippen LogP contribution in [0.2, 0.25) is 0 Å². The second-order valence-electron chi connectivity index (χ2n) is 5.10. The number of hydrogen-bond acceptors (Lipinski definition) is 6. The third kappa shape index (κ3) is 2.52. The molecule has 0 spiro atoms. The van der Waals surface area contributed by atoms with E-state index in [4.69, 9.17) is 9.26 Å². The Labute approximate surface area is 117 Å². The number of phenolic OH excluding ortho intramolecular Hbond substituents is 1. The Hall–Kier alpha value is -1.92. The largest absolute Gasteiger partial charge is 0.507 e. The van der Waals surface area contributed by atoms with Gasteiger partial charge in [0.05, 0.1) is 12.2 Å². The number of morpholine rings is 1. The highest BCUT2D eigenvalue weighted by Crippen LogP contribution is 2.30. The first kappa shape index (κ1) is 13.1. The number of benzene rings is 1. The zero-order valence-electron chi connectivity index (χ0n) is 11.5. The fourth-order valence-electron chi connectivity index (χ4n) is 2.23. The smallest absolute Gasteiger partial charge is 0.261 e. The molecule has 1 saturated heterocycles. The quantitative estimate of drug-likeness (QED) is 0.900. The summed E-state index contributed by atoms with van der Waals surface area (Å²) in [6.45, 7) is 4.23. The van der Waals surface area contributed by atoms with Crippen molar-refractivity contribution in [3.8, 4) is 17.2 Å². The zero-order valence-corrected chi connectivity index (χ0v) is 11.5. The van der Waals surface area contributed by atoms with E-state index in [-0.39, 0.29) is 11.9 Å². The lowest BCUT2D eigenvalue weighted by molar-refractivity contribution is -0.0264. The molecular formula is C14H17N3O3. The van der Waals surface area contributed by atoms with Crippen LogP contribution in [0.1, 0.15) is 17.5 Å². The molecule has 1 unspecified atom stereocenters. The summed E-state index contributed by atoms with van der Waals surface area (Å²) in [6, 6.07) is 5.27. The van der Waals surface area contributed by atoms with E-state index in [0.29, 0.717) is 23.9 Å². The molecule has 0 aliphatic carbocycles. The molecule has 1 atom stereocenters. The molecule has 0 saturated carbocycles. The molecule has 2 heterocycles. The van der Waals surface area contributed by atoms with Crippen molar-refractivity contribution in [3.05, 3.63) is 29.6 Å². The summed E-state index contributed by atoms with van der Waals surface area (Å²) in [5.74, 6) is 0.970. The molecular weight excluding hydrogens is 258 g/mol. The Balaban J connectivity index is 1.88. The fourth-order valence-corrected chi connectivity index (χ4v) is 2.23. The van der Waals surface area contributed by atoms with Crippen molar-refractivity contribution >= 4 is 0 Å². The number of ether oxygens (including phenoxy) is 1. The molecule has 6 heteroatoms. The van der Waals surface area contributed by atoms with Gasteiger partial charge in [-0.1, -0.05) is 16.8 Å². The Morgan fingerprint density at radius 2 is 2.25 bits per heavy atom. The predicted molar refractivity (Wildman–Crippen MR) is 72.3 cm³/mol. The van der Waals surface area contributed by atoms with Crippen molar-refractivity contribution in [2.24, 2.45) is 0 Å². The van der Waals surface area contributed by atoms with Gasteiger partial charge in [0.25, 0.3) is 5.89 Å². The van der Waals surface area contributed by atoms with Gasteiger partial charge in [0.2, 0.25) is 5.82 Å². The minimum atomic E-state index is -0.182. The van der Waals surface area contributed by atoms with E-state index >= 15 is 0 Å². The number of aromatic nitrogens is 2. The van der Waals surface area contributed by atoms with Crippen LogP contribution in [0, 0.1) is 6.92 Å². The minimum Gasteiger partial charge on any atom is -0.507 e. The van der Waals surface area contributed by atoms with E-state index in [0.717, 1.165) is 18.7 Å². The summed E-state index contributed by atoms with van der Waals surface area (Å²) in [7, 11) is 2.03. The number of hydrogen-bond donors (Lipinski definition) is 1. The third-order valence-corrected chi connectivity index (χ3v) is 3.38. The Kier molecular flexibility index (Phi) is 3.42. The standard InChI is InChI=1S/C14H17N3O3/c1-9-3-4-11(18)10(7-9)14-15-13(16-20-14)12-8-17(2)5-6-19-12/h3-4,7,12,18H,5-6,8H2,1-2H3. The number of likely N-dealkylation sites (N-methyl/N-ethyl adjacent to an activating group) is 1. The normalized spacial score (nSPS) is 20.2. The number of aromatic hydroxyl groups is 1. The van der Waals surface area contributed by atoms with E-state index in [1.165, 1.54) is 0 Å². The molecule has 1 aromatic heterocycles. The molecule has 1 aromatic carbocycles. The number of phenols is 1. The molecule has 0 bridgehead atoms. The molecule has 1 N–H and O–H groups in total. The van der Waals surface area contributed by atoms with Crippen molar-refractivity contribution in [2.75, 3.05) is 26.7 Å². The maximum absolute atomic E-state index is 9.88. The molecule has 20 heavy (non-hydrogen) atoms. The number of nitrogens with zero attached hydrogens (tertiary/aromatic N) is 3. The van der Waals surface area contributed by atoms with Crippen molar-refractivity contribution in [2.45, 2.75) is 13.0 Å². The van der Waals surface area contributed by atoms with E-state index in [1.54, 1.807) is 6.07 Å². The molecule has 106 valence electrons. The first-order valence-corrected chi connectivity index (χ1v) is 6.57.